The van der Waals surface area contributed by atoms with Crippen LogP contribution in [0, 0.1) is 0 Å². The molecule has 0 saturated carbocycles. The molecule has 1 nitrogen and oxygen atoms in total. The van der Waals surface area contributed by atoms with E-state index in [9.17, 15) is 0 Å². The van der Waals surface area contributed by atoms with E-state index in [-0.39, 0.29) is 0 Å². The summed E-state index contributed by atoms with van der Waals surface area (Å²) in [5.74, 6) is 0. The van der Waals surface area contributed by atoms with Crippen molar-refractivity contribution >= 4 is 0 Å². The zero-order valence-corrected chi connectivity index (χ0v) is 10.1. The maximum Gasteiger partial charge on any atom is 0.0316 e. The third-order valence-corrected chi connectivity index (χ3v) is 2.43. The van der Waals surface area contributed by atoms with Crippen LogP contribution in [0.2, 0.25) is 0 Å². The number of unbranched alkanes of at least 4 members (excludes halogenated alkanes) is 2. The Bertz CT molecular complexity index is 162. The van der Waals surface area contributed by atoms with Crippen LogP contribution in [0.4, 0.5) is 0 Å². The first kappa shape index (κ1) is 13.3. The second-order valence-corrected chi connectivity index (χ2v) is 3.61. The Morgan fingerprint density at radius 3 is 1.93 bits per heavy atom. The molecule has 0 fully saturated rings. The fourth-order valence-electron chi connectivity index (χ4n) is 1.50. The summed E-state index contributed by atoms with van der Waals surface area (Å²) in [6, 6.07) is 0. The summed E-state index contributed by atoms with van der Waals surface area (Å²) in [6.07, 6.45) is 9.18. The molecule has 0 aromatic carbocycles. The molecule has 0 spiro atoms. The zero-order chi connectivity index (χ0) is 10.8. The van der Waals surface area contributed by atoms with Crippen LogP contribution in [0.25, 0.3) is 0 Å². The van der Waals surface area contributed by atoms with E-state index < -0.39 is 0 Å². The molecule has 0 aromatic rings. The summed E-state index contributed by atoms with van der Waals surface area (Å²) in [5, 5.41) is 0. The van der Waals surface area contributed by atoms with Gasteiger partial charge in [0.25, 0.3) is 0 Å². The molecule has 14 heavy (non-hydrogen) atoms. The minimum atomic E-state index is 1.17. The van der Waals surface area contributed by atoms with Gasteiger partial charge in [0.1, 0.15) is 0 Å². The number of hydrogen-bond donors (Lipinski definition) is 0. The van der Waals surface area contributed by atoms with Crippen LogP contribution in [-0.2, 0) is 0 Å². The lowest BCUT2D eigenvalue weighted by molar-refractivity contribution is 0.340. The number of hydrogen-bond acceptors (Lipinski definition) is 1. The van der Waals surface area contributed by atoms with Crippen molar-refractivity contribution in [1.82, 2.24) is 4.90 Å². The van der Waals surface area contributed by atoms with Crippen molar-refractivity contribution in [2.24, 2.45) is 0 Å². The quantitative estimate of drug-likeness (QED) is 0.530. The molecule has 0 aliphatic carbocycles. The summed E-state index contributed by atoms with van der Waals surface area (Å²) < 4.78 is 0. The molecular formula is C13H25N. The highest BCUT2D eigenvalue weighted by Crippen LogP contribution is 2.09. The molecule has 0 atom stereocenters. The van der Waals surface area contributed by atoms with Gasteiger partial charge in [0, 0.05) is 18.8 Å². The van der Waals surface area contributed by atoms with E-state index in [0.29, 0.717) is 0 Å². The van der Waals surface area contributed by atoms with E-state index >= 15 is 0 Å². The molecule has 0 N–H and O–H groups in total. The van der Waals surface area contributed by atoms with Crippen LogP contribution in [0.15, 0.2) is 24.4 Å². The van der Waals surface area contributed by atoms with Crippen molar-refractivity contribution in [3.63, 3.8) is 0 Å². The second kappa shape index (κ2) is 8.86. The average Bonchev–Trinajstić information content (AvgIpc) is 2.22. The van der Waals surface area contributed by atoms with Crippen LogP contribution in [-0.4, -0.2) is 18.0 Å². The molecule has 0 radical (unpaired) electrons. The third kappa shape index (κ3) is 5.11. The van der Waals surface area contributed by atoms with Gasteiger partial charge in [-0.1, -0.05) is 39.3 Å². The molecule has 0 unspecified atom stereocenters. The van der Waals surface area contributed by atoms with Crippen LogP contribution < -0.4 is 0 Å². The monoisotopic (exact) mass is 195 g/mol. The highest BCUT2D eigenvalue weighted by Gasteiger charge is 2.03. The lowest BCUT2D eigenvalue weighted by atomic mass is 10.2. The smallest absolute Gasteiger partial charge is 0.0316 e. The first-order valence-electron chi connectivity index (χ1n) is 5.83. The van der Waals surface area contributed by atoms with Crippen molar-refractivity contribution < 1.29 is 0 Å². The Morgan fingerprint density at radius 1 is 1.14 bits per heavy atom. The molecule has 0 heterocycles. The van der Waals surface area contributed by atoms with Gasteiger partial charge < -0.3 is 4.90 Å². The maximum absolute atomic E-state index is 3.86. The largest absolute Gasteiger partial charge is 0.372 e. The van der Waals surface area contributed by atoms with Crippen molar-refractivity contribution in [3.8, 4) is 0 Å². The van der Waals surface area contributed by atoms with E-state index in [0.717, 1.165) is 0 Å². The number of rotatable bonds is 8. The number of allylic oxidation sites excluding steroid dienone is 2. The normalized spacial score (nSPS) is 11.5. The summed E-state index contributed by atoms with van der Waals surface area (Å²) >= 11 is 0. The van der Waals surface area contributed by atoms with Gasteiger partial charge in [-0.25, -0.2) is 0 Å². The molecule has 0 rings (SSSR count). The molecule has 82 valence electrons. The van der Waals surface area contributed by atoms with Gasteiger partial charge in [0.2, 0.25) is 0 Å². The topological polar surface area (TPSA) is 3.24 Å². The molecule has 1 heteroatoms. The molecule has 0 aliphatic heterocycles. The van der Waals surface area contributed by atoms with Crippen molar-refractivity contribution in [2.45, 2.75) is 46.5 Å². The first-order valence-corrected chi connectivity index (χ1v) is 5.83. The van der Waals surface area contributed by atoms with Gasteiger partial charge in [-0.3, -0.25) is 0 Å². The standard InChI is InChI=1S/C13H25N/c1-5-9-11-14(12-10-6-2)13(7-3)8-4/h7-8H,3,5-6,9-12H2,1-2,4H3/b13-8+. The third-order valence-electron chi connectivity index (χ3n) is 2.43. The van der Waals surface area contributed by atoms with E-state index in [1.165, 1.54) is 44.5 Å². The predicted octanol–water partition coefficient (Wildman–Crippen LogP) is 3.98. The molecule has 0 bridgehead atoms. The van der Waals surface area contributed by atoms with Crippen LogP contribution >= 0.6 is 0 Å². The lowest BCUT2D eigenvalue weighted by Gasteiger charge is -2.25. The Hall–Kier alpha value is -0.720. The molecule has 0 aromatic heterocycles. The Morgan fingerprint density at radius 2 is 1.64 bits per heavy atom. The Kier molecular flexibility index (Phi) is 8.40. The van der Waals surface area contributed by atoms with Gasteiger partial charge in [0.15, 0.2) is 0 Å². The second-order valence-electron chi connectivity index (χ2n) is 3.61. The summed E-state index contributed by atoms with van der Waals surface area (Å²) in [7, 11) is 0. The molecular weight excluding hydrogens is 170 g/mol. The van der Waals surface area contributed by atoms with Crippen molar-refractivity contribution in [2.75, 3.05) is 13.1 Å². The van der Waals surface area contributed by atoms with Crippen LogP contribution in [0.5, 0.6) is 0 Å². The van der Waals surface area contributed by atoms with E-state index in [1.807, 2.05) is 6.08 Å². The van der Waals surface area contributed by atoms with E-state index in [4.69, 9.17) is 0 Å². The van der Waals surface area contributed by atoms with Gasteiger partial charge in [-0.05, 0) is 25.8 Å². The van der Waals surface area contributed by atoms with Crippen LogP contribution in [0.1, 0.15) is 46.5 Å². The maximum atomic E-state index is 3.86. The van der Waals surface area contributed by atoms with E-state index in [2.05, 4.69) is 38.3 Å². The minimum Gasteiger partial charge on any atom is -0.372 e. The summed E-state index contributed by atoms with van der Waals surface area (Å²) in [5.41, 5.74) is 1.28. The molecule has 0 amide bonds. The fourth-order valence-corrected chi connectivity index (χ4v) is 1.50. The SMILES string of the molecule is C=C/C(=C\C)N(CCCC)CCCC. The van der Waals surface area contributed by atoms with Crippen LogP contribution in [0.3, 0.4) is 0 Å². The van der Waals surface area contributed by atoms with Gasteiger partial charge in [0.05, 0.1) is 0 Å². The fraction of sp³-hybridized carbons (Fsp3) is 0.692. The van der Waals surface area contributed by atoms with Gasteiger partial charge >= 0.3 is 0 Å². The lowest BCUT2D eigenvalue weighted by Crippen LogP contribution is -2.24. The van der Waals surface area contributed by atoms with Gasteiger partial charge in [-0.2, -0.15) is 0 Å². The minimum absolute atomic E-state index is 1.17. The van der Waals surface area contributed by atoms with Crippen molar-refractivity contribution in [3.05, 3.63) is 24.4 Å². The van der Waals surface area contributed by atoms with Crippen molar-refractivity contribution in [1.29, 1.82) is 0 Å². The highest BCUT2D eigenvalue weighted by atomic mass is 15.1. The Balaban J connectivity index is 4.13. The highest BCUT2D eigenvalue weighted by molar-refractivity contribution is 5.13. The van der Waals surface area contributed by atoms with E-state index in [1.54, 1.807) is 0 Å². The predicted molar refractivity (Wildman–Crippen MR) is 65.3 cm³/mol. The van der Waals surface area contributed by atoms with Gasteiger partial charge in [-0.15, -0.1) is 0 Å². The zero-order valence-electron chi connectivity index (χ0n) is 10.1. The summed E-state index contributed by atoms with van der Waals surface area (Å²) in [6.45, 7) is 12.8. The molecule has 0 aliphatic rings. The summed E-state index contributed by atoms with van der Waals surface area (Å²) in [4.78, 5) is 2.44. The average molecular weight is 195 g/mol. The number of nitrogens with zero attached hydrogens (tertiary/aromatic N) is 1. The Labute approximate surface area is 89.5 Å². The first-order chi connectivity index (χ1) is 6.79. The molecule has 0 saturated heterocycles.